The minimum atomic E-state index is -1.09. The van der Waals surface area contributed by atoms with Crippen LogP contribution in [0.1, 0.15) is 28.8 Å². The highest BCUT2D eigenvalue weighted by molar-refractivity contribution is 5.91. The zero-order valence-corrected chi connectivity index (χ0v) is 16.5. The molecule has 0 radical (unpaired) electrons. The molecule has 10 nitrogen and oxygen atoms in total. The molecule has 6 bridgehead atoms. The van der Waals surface area contributed by atoms with Crippen molar-refractivity contribution in [1.82, 2.24) is 15.0 Å². The molecular formula is C21H21N5O5. The van der Waals surface area contributed by atoms with E-state index in [9.17, 15) is 15.0 Å². The van der Waals surface area contributed by atoms with Crippen molar-refractivity contribution >= 4 is 23.6 Å². The lowest BCUT2D eigenvalue weighted by molar-refractivity contribution is 0.0692. The van der Waals surface area contributed by atoms with Crippen LogP contribution in [0.15, 0.2) is 42.5 Å². The lowest BCUT2D eigenvalue weighted by Crippen LogP contribution is -2.09. The molecule has 160 valence electrons. The highest BCUT2D eigenvalue weighted by Gasteiger charge is 2.14. The molecule has 0 spiro atoms. The van der Waals surface area contributed by atoms with Gasteiger partial charge >= 0.3 is 12.0 Å². The van der Waals surface area contributed by atoms with E-state index in [1.807, 2.05) is 24.3 Å². The highest BCUT2D eigenvalue weighted by atomic mass is 16.5. The number of ether oxygens (including phenoxy) is 2. The number of carbonyl (C=O) groups is 1. The van der Waals surface area contributed by atoms with E-state index >= 15 is 0 Å². The molecule has 0 amide bonds. The number of aromatic hydroxyl groups is 1. The lowest BCUT2D eigenvalue weighted by atomic mass is 10.2. The van der Waals surface area contributed by atoms with Gasteiger partial charge < -0.3 is 30.3 Å². The predicted octanol–water partition coefficient (Wildman–Crippen LogP) is 3.18. The summed E-state index contributed by atoms with van der Waals surface area (Å²) in [6, 6.07) is 11.7. The summed E-state index contributed by atoms with van der Waals surface area (Å²) in [4.78, 5) is 23.5. The van der Waals surface area contributed by atoms with Crippen LogP contribution in [0.5, 0.6) is 17.5 Å². The van der Waals surface area contributed by atoms with Crippen molar-refractivity contribution in [3.05, 3.63) is 53.6 Å². The first-order chi connectivity index (χ1) is 15.1. The largest absolute Gasteiger partial charge is 0.494 e. The fourth-order valence-corrected chi connectivity index (χ4v) is 3.03. The van der Waals surface area contributed by atoms with Gasteiger partial charge in [0.25, 0.3) is 0 Å². The number of aromatic nitrogens is 3. The molecule has 0 unspecified atom stereocenters. The van der Waals surface area contributed by atoms with Gasteiger partial charge in [0.2, 0.25) is 11.9 Å². The average Bonchev–Trinajstić information content (AvgIpc) is 2.74. The minimum Gasteiger partial charge on any atom is -0.494 e. The molecule has 4 N–H and O–H groups in total. The zero-order valence-electron chi connectivity index (χ0n) is 16.5. The molecule has 3 aromatic rings. The van der Waals surface area contributed by atoms with Crippen molar-refractivity contribution in [2.45, 2.75) is 19.4 Å². The van der Waals surface area contributed by atoms with E-state index in [0.29, 0.717) is 31.9 Å². The van der Waals surface area contributed by atoms with Crippen LogP contribution in [0.2, 0.25) is 0 Å². The Morgan fingerprint density at radius 1 is 0.968 bits per heavy atom. The Morgan fingerprint density at radius 2 is 1.77 bits per heavy atom. The monoisotopic (exact) mass is 423 g/mol. The second kappa shape index (κ2) is 9.16. The van der Waals surface area contributed by atoms with Crippen molar-refractivity contribution in [3.8, 4) is 17.5 Å². The van der Waals surface area contributed by atoms with Crippen molar-refractivity contribution in [3.63, 3.8) is 0 Å². The van der Waals surface area contributed by atoms with Gasteiger partial charge in [-0.1, -0.05) is 12.1 Å². The Kier molecular flexibility index (Phi) is 5.97. The Balaban J connectivity index is 1.64. The Labute approximate surface area is 177 Å². The van der Waals surface area contributed by atoms with E-state index in [4.69, 9.17) is 9.47 Å². The second-order valence-electron chi connectivity index (χ2n) is 6.83. The number of rotatable bonds is 1. The van der Waals surface area contributed by atoms with E-state index in [1.54, 1.807) is 12.1 Å². The third-order valence-electron chi connectivity index (χ3n) is 4.51. The smallest absolute Gasteiger partial charge is 0.339 e. The quantitative estimate of drug-likeness (QED) is 0.461. The van der Waals surface area contributed by atoms with Gasteiger partial charge in [0.1, 0.15) is 17.1 Å². The SMILES string of the molecule is O=C(O)c1ccc2cc1OCCCCOc1cccc(c1)CNc1nc(O)nc(n1)N2. The minimum absolute atomic E-state index is 0.0499. The van der Waals surface area contributed by atoms with E-state index in [2.05, 4.69) is 25.6 Å². The molecule has 2 heterocycles. The van der Waals surface area contributed by atoms with Crippen LogP contribution in [0.3, 0.4) is 0 Å². The number of fused-ring (bicyclic) bond motifs is 6. The first kappa shape index (κ1) is 20.2. The number of anilines is 3. The molecule has 4 rings (SSSR count). The van der Waals surface area contributed by atoms with Crippen LogP contribution in [-0.2, 0) is 6.54 Å². The molecule has 2 aromatic carbocycles. The molecule has 0 saturated heterocycles. The van der Waals surface area contributed by atoms with Crippen LogP contribution in [0.25, 0.3) is 0 Å². The Hall–Kier alpha value is -4.08. The Morgan fingerprint density at radius 3 is 2.61 bits per heavy atom. The number of nitrogens with one attached hydrogen (secondary N) is 2. The lowest BCUT2D eigenvalue weighted by Gasteiger charge is -2.13. The summed E-state index contributed by atoms with van der Waals surface area (Å²) >= 11 is 0. The number of carboxylic acids is 1. The average molecular weight is 423 g/mol. The maximum atomic E-state index is 11.5. The third kappa shape index (κ3) is 5.30. The maximum absolute atomic E-state index is 11.5. The van der Waals surface area contributed by atoms with Crippen LogP contribution < -0.4 is 20.1 Å². The standard InChI is InChI=1S/C21H21N5O5/c27-18(28)16-7-6-14-11-17(16)31-9-2-1-8-30-15-5-3-4-13(10-15)12-22-19-24-20(23-14)26-21(29)25-19/h3-7,10-11H,1-2,8-9,12H2,(H,27,28)(H3,22,23,24,25,26,29). The molecule has 1 aliphatic heterocycles. The van der Waals surface area contributed by atoms with Crippen molar-refractivity contribution in [2.24, 2.45) is 0 Å². The van der Waals surface area contributed by atoms with E-state index < -0.39 is 12.0 Å². The van der Waals surface area contributed by atoms with Gasteiger partial charge in [-0.3, -0.25) is 0 Å². The number of hydrogen-bond donors (Lipinski definition) is 4. The maximum Gasteiger partial charge on any atom is 0.339 e. The number of hydrogen-bond acceptors (Lipinski definition) is 9. The van der Waals surface area contributed by atoms with E-state index in [1.165, 1.54) is 6.07 Å². The van der Waals surface area contributed by atoms with E-state index in [0.717, 1.165) is 17.7 Å². The van der Waals surface area contributed by atoms with Crippen molar-refractivity contribution < 1.29 is 24.5 Å². The second-order valence-corrected chi connectivity index (χ2v) is 6.83. The van der Waals surface area contributed by atoms with Crippen LogP contribution in [-0.4, -0.2) is 44.3 Å². The Bertz CT molecular complexity index is 1090. The fourth-order valence-electron chi connectivity index (χ4n) is 3.03. The number of benzene rings is 2. The third-order valence-corrected chi connectivity index (χ3v) is 4.51. The molecule has 0 aliphatic carbocycles. The van der Waals surface area contributed by atoms with Gasteiger partial charge in [0.05, 0.1) is 13.2 Å². The van der Waals surface area contributed by atoms with Gasteiger partial charge in [-0.15, -0.1) is 0 Å². The number of nitrogens with zero attached hydrogens (tertiary/aromatic N) is 3. The van der Waals surface area contributed by atoms with Crippen molar-refractivity contribution in [2.75, 3.05) is 23.8 Å². The van der Waals surface area contributed by atoms with Crippen LogP contribution in [0, 0.1) is 0 Å². The predicted molar refractivity (Wildman–Crippen MR) is 112 cm³/mol. The summed E-state index contributed by atoms with van der Waals surface area (Å²) in [7, 11) is 0. The summed E-state index contributed by atoms with van der Waals surface area (Å²) in [5.74, 6) is 0.159. The summed E-state index contributed by atoms with van der Waals surface area (Å²) in [6.45, 7) is 1.28. The summed E-state index contributed by atoms with van der Waals surface area (Å²) < 4.78 is 11.5. The van der Waals surface area contributed by atoms with Crippen LogP contribution >= 0.6 is 0 Å². The molecule has 1 aromatic heterocycles. The molecule has 0 atom stereocenters. The number of carboxylic acid groups (broad SMARTS) is 1. The van der Waals surface area contributed by atoms with Gasteiger partial charge in [0, 0.05) is 18.3 Å². The fraction of sp³-hybridized carbons (Fsp3) is 0.238. The summed E-state index contributed by atoms with van der Waals surface area (Å²) in [5.41, 5.74) is 1.52. The molecule has 1 aliphatic rings. The normalized spacial score (nSPS) is 13.9. The van der Waals surface area contributed by atoms with E-state index in [-0.39, 0.29) is 23.2 Å². The van der Waals surface area contributed by atoms with Crippen molar-refractivity contribution in [1.29, 1.82) is 0 Å². The topological polar surface area (TPSA) is 139 Å². The summed E-state index contributed by atoms with van der Waals surface area (Å²) in [6.07, 6.45) is 1.45. The van der Waals surface area contributed by atoms with Gasteiger partial charge in [0.15, 0.2) is 0 Å². The highest BCUT2D eigenvalue weighted by Crippen LogP contribution is 2.26. The summed E-state index contributed by atoms with van der Waals surface area (Å²) in [5, 5.41) is 25.3. The molecule has 0 fully saturated rings. The van der Waals surface area contributed by atoms with Gasteiger partial charge in [-0.05, 0) is 42.7 Å². The van der Waals surface area contributed by atoms with Gasteiger partial charge in [-0.2, -0.15) is 15.0 Å². The van der Waals surface area contributed by atoms with Crippen LogP contribution in [0.4, 0.5) is 17.6 Å². The first-order valence-electron chi connectivity index (χ1n) is 9.75. The molecule has 31 heavy (non-hydrogen) atoms. The molecule has 0 saturated carbocycles. The first-order valence-corrected chi connectivity index (χ1v) is 9.75. The van der Waals surface area contributed by atoms with Gasteiger partial charge in [-0.25, -0.2) is 4.79 Å². The molecule has 10 heteroatoms. The molecular weight excluding hydrogens is 402 g/mol. The zero-order chi connectivity index (χ0) is 21.6. The number of aromatic carboxylic acids is 1.